The Kier molecular flexibility index (Phi) is 7.99. The Bertz CT molecular complexity index is 491. The summed E-state index contributed by atoms with van der Waals surface area (Å²) in [5.41, 5.74) is 0.921. The number of ether oxygens (including phenoxy) is 1. The Hall–Kier alpha value is -2.08. The SMILES string of the molecule is CCNC(=O)CN(CC)CC(=O)NCc1ccccc1OC. The normalized spacial score (nSPS) is 10.4. The maximum absolute atomic E-state index is 12.0. The number of likely N-dealkylation sites (N-methyl/N-ethyl adjacent to an activating group) is 2. The topological polar surface area (TPSA) is 70.7 Å². The maximum atomic E-state index is 12.0. The summed E-state index contributed by atoms with van der Waals surface area (Å²) in [5.74, 6) is 0.566. The van der Waals surface area contributed by atoms with Gasteiger partial charge in [0.15, 0.2) is 0 Å². The van der Waals surface area contributed by atoms with E-state index in [0.29, 0.717) is 19.6 Å². The van der Waals surface area contributed by atoms with Crippen molar-refractivity contribution in [3.05, 3.63) is 29.8 Å². The summed E-state index contributed by atoms with van der Waals surface area (Å²) in [6.07, 6.45) is 0. The fourth-order valence-corrected chi connectivity index (χ4v) is 2.04. The number of nitrogens with one attached hydrogen (secondary N) is 2. The maximum Gasteiger partial charge on any atom is 0.234 e. The zero-order chi connectivity index (χ0) is 16.4. The van der Waals surface area contributed by atoms with Crippen molar-refractivity contribution in [2.24, 2.45) is 0 Å². The molecule has 2 amide bonds. The van der Waals surface area contributed by atoms with Gasteiger partial charge in [-0.3, -0.25) is 14.5 Å². The first-order chi connectivity index (χ1) is 10.6. The van der Waals surface area contributed by atoms with E-state index in [9.17, 15) is 9.59 Å². The lowest BCUT2D eigenvalue weighted by Gasteiger charge is -2.19. The molecule has 0 aliphatic rings. The minimum Gasteiger partial charge on any atom is -0.496 e. The van der Waals surface area contributed by atoms with Gasteiger partial charge >= 0.3 is 0 Å². The highest BCUT2D eigenvalue weighted by atomic mass is 16.5. The molecule has 6 nitrogen and oxygen atoms in total. The van der Waals surface area contributed by atoms with Gasteiger partial charge in [0.1, 0.15) is 5.75 Å². The molecule has 0 saturated heterocycles. The standard InChI is InChI=1S/C16H25N3O3/c1-4-17-15(20)11-19(5-2)12-16(21)18-10-13-8-6-7-9-14(13)22-3/h6-9H,4-5,10-12H2,1-3H3,(H,17,20)(H,18,21). The fraction of sp³-hybridized carbons (Fsp3) is 0.500. The fourth-order valence-electron chi connectivity index (χ4n) is 2.04. The Morgan fingerprint density at radius 2 is 1.73 bits per heavy atom. The lowest BCUT2D eigenvalue weighted by atomic mass is 10.2. The van der Waals surface area contributed by atoms with Crippen LogP contribution in [0, 0.1) is 0 Å². The monoisotopic (exact) mass is 307 g/mol. The summed E-state index contributed by atoms with van der Waals surface area (Å²) in [4.78, 5) is 25.3. The summed E-state index contributed by atoms with van der Waals surface area (Å²) in [6, 6.07) is 7.55. The summed E-state index contributed by atoms with van der Waals surface area (Å²) < 4.78 is 5.24. The molecule has 0 aliphatic carbocycles. The van der Waals surface area contributed by atoms with E-state index < -0.39 is 0 Å². The zero-order valence-electron chi connectivity index (χ0n) is 13.5. The number of nitrogens with zero attached hydrogens (tertiary/aromatic N) is 1. The van der Waals surface area contributed by atoms with Gasteiger partial charge in [-0.05, 0) is 19.5 Å². The van der Waals surface area contributed by atoms with Gasteiger partial charge in [0.25, 0.3) is 0 Å². The Morgan fingerprint density at radius 3 is 2.32 bits per heavy atom. The molecule has 0 radical (unpaired) electrons. The van der Waals surface area contributed by atoms with Crippen LogP contribution < -0.4 is 15.4 Å². The summed E-state index contributed by atoms with van der Waals surface area (Å²) >= 11 is 0. The molecule has 0 unspecified atom stereocenters. The minimum absolute atomic E-state index is 0.0677. The molecule has 1 aromatic carbocycles. The van der Waals surface area contributed by atoms with Gasteiger partial charge < -0.3 is 15.4 Å². The molecule has 6 heteroatoms. The Labute approximate surface area is 131 Å². The molecule has 0 atom stereocenters. The van der Waals surface area contributed by atoms with E-state index in [2.05, 4.69) is 10.6 Å². The second kappa shape index (κ2) is 9.78. The van der Waals surface area contributed by atoms with E-state index in [1.165, 1.54) is 0 Å². The van der Waals surface area contributed by atoms with Crippen LogP contribution in [0.1, 0.15) is 19.4 Å². The van der Waals surface area contributed by atoms with E-state index in [1.807, 2.05) is 38.1 Å². The van der Waals surface area contributed by atoms with E-state index in [-0.39, 0.29) is 24.9 Å². The zero-order valence-corrected chi connectivity index (χ0v) is 13.5. The molecule has 2 N–H and O–H groups in total. The van der Waals surface area contributed by atoms with E-state index in [0.717, 1.165) is 11.3 Å². The van der Waals surface area contributed by atoms with Crippen LogP contribution in [0.3, 0.4) is 0 Å². The lowest BCUT2D eigenvalue weighted by molar-refractivity contribution is -0.125. The molecule has 0 heterocycles. The smallest absolute Gasteiger partial charge is 0.234 e. The third-order valence-corrected chi connectivity index (χ3v) is 3.22. The van der Waals surface area contributed by atoms with Crippen LogP contribution in [-0.2, 0) is 16.1 Å². The van der Waals surface area contributed by atoms with Crippen LogP contribution >= 0.6 is 0 Å². The van der Waals surface area contributed by atoms with Gasteiger partial charge in [-0.15, -0.1) is 0 Å². The van der Waals surface area contributed by atoms with Crippen molar-refractivity contribution >= 4 is 11.8 Å². The van der Waals surface area contributed by atoms with Crippen molar-refractivity contribution in [1.82, 2.24) is 15.5 Å². The van der Waals surface area contributed by atoms with Crippen LogP contribution in [0.15, 0.2) is 24.3 Å². The summed E-state index contributed by atoms with van der Waals surface area (Å²) in [7, 11) is 1.60. The molecule has 1 aromatic rings. The number of rotatable bonds is 9. The highest BCUT2D eigenvalue weighted by Gasteiger charge is 2.13. The average molecular weight is 307 g/mol. The van der Waals surface area contributed by atoms with Gasteiger partial charge in [0, 0.05) is 18.7 Å². The number of amides is 2. The van der Waals surface area contributed by atoms with Crippen molar-refractivity contribution in [3.8, 4) is 5.75 Å². The van der Waals surface area contributed by atoms with Gasteiger partial charge in [0.05, 0.1) is 20.2 Å². The predicted molar refractivity (Wildman–Crippen MR) is 85.6 cm³/mol. The molecule has 22 heavy (non-hydrogen) atoms. The molecule has 0 saturated carbocycles. The second-order valence-corrected chi connectivity index (χ2v) is 4.85. The van der Waals surface area contributed by atoms with Crippen molar-refractivity contribution in [1.29, 1.82) is 0 Å². The van der Waals surface area contributed by atoms with Crippen LogP contribution in [0.4, 0.5) is 0 Å². The Balaban J connectivity index is 2.45. The summed E-state index contributed by atoms with van der Waals surface area (Å²) in [6.45, 7) is 5.85. The molecule has 0 aromatic heterocycles. The molecule has 122 valence electrons. The number of benzene rings is 1. The molecule has 0 fully saturated rings. The minimum atomic E-state index is -0.114. The van der Waals surface area contributed by atoms with E-state index >= 15 is 0 Å². The van der Waals surface area contributed by atoms with Gasteiger partial charge in [-0.2, -0.15) is 0 Å². The number of carbonyl (C=O) groups is 2. The third kappa shape index (κ3) is 6.13. The van der Waals surface area contributed by atoms with Crippen molar-refractivity contribution in [3.63, 3.8) is 0 Å². The summed E-state index contributed by atoms with van der Waals surface area (Å²) in [5, 5.41) is 5.58. The van der Waals surface area contributed by atoms with Gasteiger partial charge in [0.2, 0.25) is 11.8 Å². The highest BCUT2D eigenvalue weighted by Crippen LogP contribution is 2.16. The molecular weight excluding hydrogens is 282 g/mol. The number of hydrogen-bond donors (Lipinski definition) is 2. The second-order valence-electron chi connectivity index (χ2n) is 4.85. The first kappa shape index (κ1) is 18.0. The molecule has 0 aliphatic heterocycles. The van der Waals surface area contributed by atoms with Crippen molar-refractivity contribution in [2.75, 3.05) is 33.3 Å². The first-order valence-electron chi connectivity index (χ1n) is 7.48. The quantitative estimate of drug-likeness (QED) is 0.707. The Morgan fingerprint density at radius 1 is 1.09 bits per heavy atom. The highest BCUT2D eigenvalue weighted by molar-refractivity contribution is 5.81. The van der Waals surface area contributed by atoms with Crippen LogP contribution in [-0.4, -0.2) is 50.0 Å². The van der Waals surface area contributed by atoms with Crippen LogP contribution in [0.25, 0.3) is 0 Å². The van der Waals surface area contributed by atoms with Crippen molar-refractivity contribution < 1.29 is 14.3 Å². The van der Waals surface area contributed by atoms with Gasteiger partial charge in [-0.1, -0.05) is 25.1 Å². The molecule has 0 spiro atoms. The molecule has 1 rings (SSSR count). The van der Waals surface area contributed by atoms with Crippen molar-refractivity contribution in [2.45, 2.75) is 20.4 Å². The molecule has 0 bridgehead atoms. The number of methoxy groups -OCH3 is 1. The number of para-hydroxylation sites is 1. The van der Waals surface area contributed by atoms with E-state index in [1.54, 1.807) is 12.0 Å². The van der Waals surface area contributed by atoms with Gasteiger partial charge in [-0.25, -0.2) is 0 Å². The average Bonchev–Trinajstić information content (AvgIpc) is 2.52. The predicted octanol–water partition coefficient (Wildman–Crippen LogP) is 0.769. The molecular formula is C16H25N3O3. The number of hydrogen-bond acceptors (Lipinski definition) is 4. The van der Waals surface area contributed by atoms with Crippen LogP contribution in [0.5, 0.6) is 5.75 Å². The number of carbonyl (C=O) groups excluding carboxylic acids is 2. The first-order valence-corrected chi connectivity index (χ1v) is 7.48. The largest absolute Gasteiger partial charge is 0.496 e. The van der Waals surface area contributed by atoms with Crippen LogP contribution in [0.2, 0.25) is 0 Å². The van der Waals surface area contributed by atoms with E-state index in [4.69, 9.17) is 4.74 Å². The third-order valence-electron chi connectivity index (χ3n) is 3.22. The lowest BCUT2D eigenvalue weighted by Crippen LogP contribution is -2.42.